The quantitative estimate of drug-likeness (QED) is 0.673. The van der Waals surface area contributed by atoms with Crippen LogP contribution in [0.2, 0.25) is 0 Å². The predicted octanol–water partition coefficient (Wildman–Crippen LogP) is 2.06. The number of nitrogens with zero attached hydrogens (tertiary/aromatic N) is 2. The highest BCUT2D eigenvalue weighted by Gasteiger charge is 2.33. The summed E-state index contributed by atoms with van der Waals surface area (Å²) in [5.41, 5.74) is 1.12. The van der Waals surface area contributed by atoms with E-state index < -0.39 is 0 Å². The molecule has 6 heteroatoms. The number of nitrogens with one attached hydrogen (secondary N) is 1. The van der Waals surface area contributed by atoms with Gasteiger partial charge in [-0.2, -0.15) is 0 Å². The van der Waals surface area contributed by atoms with Crippen molar-refractivity contribution >= 4 is 11.9 Å². The molecule has 2 aliphatic heterocycles. The molecule has 0 spiro atoms. The number of hydrogen-bond donors (Lipinski definition) is 1. The molecule has 1 aromatic carbocycles. The van der Waals surface area contributed by atoms with Gasteiger partial charge in [0.25, 0.3) is 0 Å². The molecule has 0 bridgehead atoms. The van der Waals surface area contributed by atoms with Gasteiger partial charge in [0.15, 0.2) is 5.70 Å². The molecule has 1 aromatic rings. The Balaban J connectivity index is 1.57. The summed E-state index contributed by atoms with van der Waals surface area (Å²) in [4.78, 5) is 19.0. The Labute approximate surface area is 147 Å². The van der Waals surface area contributed by atoms with Gasteiger partial charge in [0.2, 0.25) is 5.90 Å². The average molecular weight is 341 g/mol. The molecule has 1 N–H and O–H groups in total. The highest BCUT2D eigenvalue weighted by atomic mass is 16.6. The van der Waals surface area contributed by atoms with E-state index in [0.29, 0.717) is 29.4 Å². The van der Waals surface area contributed by atoms with E-state index in [1.807, 2.05) is 30.5 Å². The van der Waals surface area contributed by atoms with Crippen LogP contribution < -0.4 is 10.1 Å². The third-order valence-electron chi connectivity index (χ3n) is 5.16. The zero-order valence-corrected chi connectivity index (χ0v) is 14.4. The zero-order valence-electron chi connectivity index (χ0n) is 14.4. The first-order valence-corrected chi connectivity index (χ1v) is 8.91. The van der Waals surface area contributed by atoms with Gasteiger partial charge in [0.05, 0.1) is 7.11 Å². The molecule has 2 atom stereocenters. The number of piperazine rings is 1. The lowest BCUT2D eigenvalue weighted by Crippen LogP contribution is -2.57. The Bertz CT molecular complexity index is 726. The van der Waals surface area contributed by atoms with Crippen LogP contribution in [0.5, 0.6) is 5.75 Å². The maximum absolute atomic E-state index is 12.3. The molecule has 4 rings (SSSR count). The fourth-order valence-corrected chi connectivity index (χ4v) is 3.89. The number of carbonyl (C=O) groups excluding carboxylic acids is 1. The van der Waals surface area contributed by atoms with Gasteiger partial charge in [-0.15, -0.1) is 0 Å². The van der Waals surface area contributed by atoms with E-state index in [0.717, 1.165) is 25.1 Å². The number of ether oxygens (including phenoxy) is 2. The second-order valence-corrected chi connectivity index (χ2v) is 6.70. The van der Waals surface area contributed by atoms with E-state index in [4.69, 9.17) is 9.47 Å². The first kappa shape index (κ1) is 16.1. The van der Waals surface area contributed by atoms with E-state index in [9.17, 15) is 4.79 Å². The average Bonchev–Trinajstić information content (AvgIpc) is 3.03. The van der Waals surface area contributed by atoms with Gasteiger partial charge in [-0.05, 0) is 31.0 Å². The molecular weight excluding hydrogens is 318 g/mol. The Morgan fingerprint density at radius 3 is 3.12 bits per heavy atom. The van der Waals surface area contributed by atoms with Crippen LogP contribution in [0.1, 0.15) is 31.2 Å². The van der Waals surface area contributed by atoms with Crippen molar-refractivity contribution in [2.75, 3.05) is 20.2 Å². The topological polar surface area (TPSA) is 63.2 Å². The second-order valence-electron chi connectivity index (χ2n) is 6.70. The van der Waals surface area contributed by atoms with Crippen molar-refractivity contribution in [2.45, 2.75) is 37.8 Å². The molecule has 6 nitrogen and oxygen atoms in total. The molecule has 2 fully saturated rings. The largest absolute Gasteiger partial charge is 0.497 e. The van der Waals surface area contributed by atoms with Crippen LogP contribution in [-0.2, 0) is 9.53 Å². The first-order chi connectivity index (χ1) is 12.2. The van der Waals surface area contributed by atoms with Crippen molar-refractivity contribution in [3.63, 3.8) is 0 Å². The lowest BCUT2D eigenvalue weighted by Gasteiger charge is -2.44. The minimum atomic E-state index is -0.385. The lowest BCUT2D eigenvalue weighted by atomic mass is 9.88. The Kier molecular flexibility index (Phi) is 4.44. The van der Waals surface area contributed by atoms with Crippen LogP contribution in [0.4, 0.5) is 0 Å². The molecular formula is C19H23N3O3. The van der Waals surface area contributed by atoms with Crippen molar-refractivity contribution < 1.29 is 14.3 Å². The maximum Gasteiger partial charge on any atom is 0.365 e. The van der Waals surface area contributed by atoms with Gasteiger partial charge in [0.1, 0.15) is 5.75 Å². The van der Waals surface area contributed by atoms with E-state index in [-0.39, 0.29) is 5.97 Å². The number of cyclic esters (lactones) is 1. The predicted molar refractivity (Wildman–Crippen MR) is 94.5 cm³/mol. The fourth-order valence-electron chi connectivity index (χ4n) is 3.89. The number of methoxy groups -OCH3 is 1. The molecule has 1 saturated carbocycles. The molecule has 1 saturated heterocycles. The first-order valence-electron chi connectivity index (χ1n) is 8.91. The Morgan fingerprint density at radius 2 is 2.24 bits per heavy atom. The molecule has 0 amide bonds. The van der Waals surface area contributed by atoms with Crippen molar-refractivity contribution in [1.29, 1.82) is 0 Å². The van der Waals surface area contributed by atoms with E-state index in [1.54, 1.807) is 7.11 Å². The number of fused-ring (bicyclic) bond motifs is 1. The lowest BCUT2D eigenvalue weighted by molar-refractivity contribution is -0.130. The molecule has 3 aliphatic rings. The monoisotopic (exact) mass is 341 g/mol. The second kappa shape index (κ2) is 6.88. The van der Waals surface area contributed by atoms with Gasteiger partial charge in [-0.25, -0.2) is 9.79 Å². The Hall–Kier alpha value is -2.34. The molecule has 2 unspecified atom stereocenters. The number of hydrogen-bond acceptors (Lipinski definition) is 6. The third-order valence-corrected chi connectivity index (χ3v) is 5.16. The summed E-state index contributed by atoms with van der Waals surface area (Å²) in [5.74, 6) is 0.662. The van der Waals surface area contributed by atoms with Gasteiger partial charge in [-0.3, -0.25) is 0 Å². The molecule has 0 radical (unpaired) electrons. The van der Waals surface area contributed by atoms with Crippen molar-refractivity contribution in [3.05, 3.63) is 41.7 Å². The Morgan fingerprint density at radius 1 is 1.36 bits per heavy atom. The van der Waals surface area contributed by atoms with Gasteiger partial charge >= 0.3 is 5.97 Å². The van der Waals surface area contributed by atoms with Gasteiger partial charge in [0, 0.05) is 36.9 Å². The SMILES string of the molecule is COc1cccc(C2=NC(=CN3CCNC4CCCCC43)C(=O)O2)c1. The molecule has 0 aromatic heterocycles. The van der Waals surface area contributed by atoms with Crippen molar-refractivity contribution in [1.82, 2.24) is 10.2 Å². The summed E-state index contributed by atoms with van der Waals surface area (Å²) in [5, 5.41) is 3.60. The van der Waals surface area contributed by atoms with E-state index >= 15 is 0 Å². The number of carbonyl (C=O) groups is 1. The smallest absolute Gasteiger partial charge is 0.365 e. The van der Waals surface area contributed by atoms with E-state index in [1.165, 1.54) is 19.3 Å². The summed E-state index contributed by atoms with van der Waals surface area (Å²) in [7, 11) is 1.61. The van der Waals surface area contributed by atoms with Crippen LogP contribution >= 0.6 is 0 Å². The van der Waals surface area contributed by atoms with Crippen LogP contribution in [0.15, 0.2) is 41.2 Å². The van der Waals surface area contributed by atoms with Crippen LogP contribution in [0.3, 0.4) is 0 Å². The van der Waals surface area contributed by atoms with Crippen LogP contribution in [0.25, 0.3) is 0 Å². The number of benzene rings is 1. The van der Waals surface area contributed by atoms with Crippen LogP contribution in [0, 0.1) is 0 Å². The highest BCUT2D eigenvalue weighted by Crippen LogP contribution is 2.27. The summed E-state index contributed by atoms with van der Waals surface area (Å²) < 4.78 is 10.6. The van der Waals surface area contributed by atoms with Gasteiger partial charge in [-0.1, -0.05) is 18.9 Å². The summed E-state index contributed by atoms with van der Waals surface area (Å²) in [6, 6.07) is 8.34. The highest BCUT2D eigenvalue weighted by molar-refractivity contribution is 6.11. The van der Waals surface area contributed by atoms with Crippen LogP contribution in [-0.4, -0.2) is 49.0 Å². The van der Waals surface area contributed by atoms with E-state index in [2.05, 4.69) is 15.2 Å². The fraction of sp³-hybridized carbons (Fsp3) is 0.474. The normalized spacial score (nSPS) is 27.7. The molecule has 1 aliphatic carbocycles. The number of rotatable bonds is 3. The summed E-state index contributed by atoms with van der Waals surface area (Å²) in [6.07, 6.45) is 6.76. The van der Waals surface area contributed by atoms with Crippen molar-refractivity contribution in [2.24, 2.45) is 4.99 Å². The third kappa shape index (κ3) is 3.26. The minimum Gasteiger partial charge on any atom is -0.497 e. The number of esters is 1. The molecule has 25 heavy (non-hydrogen) atoms. The number of aliphatic imine (C=N–C) groups is 1. The van der Waals surface area contributed by atoms with Gasteiger partial charge < -0.3 is 19.7 Å². The van der Waals surface area contributed by atoms with Crippen molar-refractivity contribution in [3.8, 4) is 5.75 Å². The summed E-state index contributed by atoms with van der Waals surface area (Å²) >= 11 is 0. The molecule has 132 valence electrons. The maximum atomic E-state index is 12.3. The zero-order chi connectivity index (χ0) is 17.2. The standard InChI is InChI=1S/C19H23N3O3/c1-24-14-6-4-5-13(11-14)18-21-16(19(23)25-18)12-22-10-9-20-15-7-2-3-8-17(15)22/h4-6,11-12,15,17,20H,2-3,7-10H2,1H3. The summed E-state index contributed by atoms with van der Waals surface area (Å²) in [6.45, 7) is 1.83. The molecule has 2 heterocycles. The minimum absolute atomic E-state index is 0.338.